The molecule has 2 aliphatic rings. The number of fused-ring (bicyclic) bond motifs is 2. The zero-order chi connectivity index (χ0) is 26.5. The molecule has 37 heavy (non-hydrogen) atoms. The number of para-hydroxylation sites is 1. The van der Waals surface area contributed by atoms with Crippen molar-refractivity contribution in [2.24, 2.45) is 22.3 Å². The number of nitrogens with two attached hydrogens (primary N) is 2. The second-order valence-corrected chi connectivity index (χ2v) is 11.2. The number of carboxylic acid groups (broad SMARTS) is 1. The smallest absolute Gasteiger partial charge is 0.337 e. The van der Waals surface area contributed by atoms with E-state index in [4.69, 9.17) is 16.2 Å². The number of carboxylic acids is 1. The number of aromatic nitrogens is 1. The number of aliphatic hydroxyl groups excluding tert-OH is 1. The summed E-state index contributed by atoms with van der Waals surface area (Å²) in [5.74, 6) is -0.171. The summed E-state index contributed by atoms with van der Waals surface area (Å²) in [4.78, 5) is 11.9. The lowest BCUT2D eigenvalue weighted by Crippen LogP contribution is -2.39. The molecular formula is C30H35N3O4. The lowest BCUT2D eigenvalue weighted by Gasteiger charge is -2.41. The molecule has 1 aliphatic heterocycles. The van der Waals surface area contributed by atoms with E-state index < -0.39 is 17.5 Å². The first kappa shape index (κ1) is 25.3. The fraction of sp³-hybridized carbons (Fsp3) is 0.367. The Hall–Kier alpha value is -3.39. The van der Waals surface area contributed by atoms with Gasteiger partial charge < -0.3 is 31.0 Å². The number of benzene rings is 2. The lowest BCUT2D eigenvalue weighted by molar-refractivity contribution is 0.0524. The molecule has 1 aliphatic carbocycles. The van der Waals surface area contributed by atoms with Crippen molar-refractivity contribution in [3.05, 3.63) is 83.1 Å². The highest BCUT2D eigenvalue weighted by Crippen LogP contribution is 2.46. The molecule has 6 N–H and O–H groups in total. The number of carbonyl (C=O) groups is 1. The van der Waals surface area contributed by atoms with Gasteiger partial charge in [-0.25, -0.2) is 4.79 Å². The topological polar surface area (TPSA) is 124 Å². The Balaban J connectivity index is 1.55. The molecule has 7 heteroatoms. The van der Waals surface area contributed by atoms with E-state index in [1.54, 1.807) is 12.1 Å². The quantitative estimate of drug-likeness (QED) is 0.378. The summed E-state index contributed by atoms with van der Waals surface area (Å²) in [7, 11) is 0. The highest BCUT2D eigenvalue weighted by Gasteiger charge is 2.39. The van der Waals surface area contributed by atoms with Crippen LogP contribution >= 0.6 is 0 Å². The largest absolute Gasteiger partial charge is 0.491 e. The van der Waals surface area contributed by atoms with Crippen LogP contribution in [0.5, 0.6) is 5.75 Å². The molecule has 0 saturated heterocycles. The van der Waals surface area contributed by atoms with E-state index in [9.17, 15) is 15.0 Å². The predicted octanol–water partition coefficient (Wildman–Crippen LogP) is 4.50. The van der Waals surface area contributed by atoms with E-state index in [-0.39, 0.29) is 23.6 Å². The van der Waals surface area contributed by atoms with Crippen molar-refractivity contribution in [3.63, 3.8) is 0 Å². The van der Waals surface area contributed by atoms with Gasteiger partial charge in [0, 0.05) is 35.7 Å². The number of nitrogens with zero attached hydrogens (tertiary/aromatic N) is 1. The molecule has 3 atom stereocenters. The molecule has 1 aromatic heterocycles. The third-order valence-electron chi connectivity index (χ3n) is 8.08. The zero-order valence-electron chi connectivity index (χ0n) is 21.6. The molecule has 0 spiro atoms. The van der Waals surface area contributed by atoms with Crippen molar-refractivity contribution in [2.45, 2.75) is 45.9 Å². The average Bonchev–Trinajstić information content (AvgIpc) is 3.46. The third-order valence-corrected chi connectivity index (χ3v) is 8.08. The fourth-order valence-corrected chi connectivity index (χ4v) is 5.44. The minimum absolute atomic E-state index is 0.162. The van der Waals surface area contributed by atoms with Gasteiger partial charge in [-0.1, -0.05) is 56.7 Å². The first-order valence-electron chi connectivity index (χ1n) is 12.7. The summed E-state index contributed by atoms with van der Waals surface area (Å²) in [6.07, 6.45) is 6.04. The van der Waals surface area contributed by atoms with Gasteiger partial charge in [0.25, 0.3) is 0 Å². The number of hydrogen-bond donors (Lipinski definition) is 4. The van der Waals surface area contributed by atoms with Crippen LogP contribution in [-0.4, -0.2) is 40.0 Å². The van der Waals surface area contributed by atoms with Gasteiger partial charge in [-0.15, -0.1) is 0 Å². The molecule has 5 rings (SSSR count). The summed E-state index contributed by atoms with van der Waals surface area (Å²) >= 11 is 0. The summed E-state index contributed by atoms with van der Waals surface area (Å²) < 4.78 is 7.53. The van der Waals surface area contributed by atoms with Crippen molar-refractivity contribution in [2.75, 3.05) is 13.2 Å². The van der Waals surface area contributed by atoms with Crippen LogP contribution in [0.25, 0.3) is 16.5 Å². The molecule has 3 aromatic rings. The monoisotopic (exact) mass is 501 g/mol. The van der Waals surface area contributed by atoms with Crippen molar-refractivity contribution < 1.29 is 19.7 Å². The van der Waals surface area contributed by atoms with Gasteiger partial charge >= 0.3 is 5.97 Å². The normalized spacial score (nSPS) is 22.3. The first-order chi connectivity index (χ1) is 17.5. The van der Waals surface area contributed by atoms with Crippen molar-refractivity contribution in [1.82, 2.24) is 4.57 Å². The fourth-order valence-electron chi connectivity index (χ4n) is 5.44. The third kappa shape index (κ3) is 4.48. The Labute approximate surface area is 217 Å². The van der Waals surface area contributed by atoms with Gasteiger partial charge in [0.15, 0.2) is 0 Å². The van der Waals surface area contributed by atoms with Crippen LogP contribution < -0.4 is 16.2 Å². The Bertz CT molecular complexity index is 1430. The van der Waals surface area contributed by atoms with E-state index >= 15 is 0 Å². The van der Waals surface area contributed by atoms with Crippen LogP contribution in [0.4, 0.5) is 0 Å². The van der Waals surface area contributed by atoms with Crippen LogP contribution in [0, 0.1) is 10.8 Å². The van der Waals surface area contributed by atoms with Gasteiger partial charge in [0.05, 0.1) is 23.2 Å². The maximum atomic E-state index is 11.9. The summed E-state index contributed by atoms with van der Waals surface area (Å²) in [6, 6.07) is 13.0. The Morgan fingerprint density at radius 1 is 1.27 bits per heavy atom. The minimum atomic E-state index is -0.986. The summed E-state index contributed by atoms with van der Waals surface area (Å²) in [6.45, 7) is 7.51. The molecule has 0 radical (unpaired) electrons. The average molecular weight is 502 g/mol. The Morgan fingerprint density at radius 3 is 2.78 bits per heavy atom. The molecule has 2 unspecified atom stereocenters. The van der Waals surface area contributed by atoms with Crippen LogP contribution in [0.15, 0.2) is 66.4 Å². The van der Waals surface area contributed by atoms with E-state index in [0.29, 0.717) is 25.1 Å². The van der Waals surface area contributed by atoms with Gasteiger partial charge in [-0.05, 0) is 47.2 Å². The Morgan fingerprint density at radius 2 is 2.05 bits per heavy atom. The maximum absolute atomic E-state index is 11.9. The SMILES string of the molecule is CC(C)(CN)C1=CC(c2ccc3c(c2)[C@H](N)CO3)=CC(C)(C(O)Cn2ccc3cccc(C(=O)O)c32)C1. The molecule has 194 valence electrons. The summed E-state index contributed by atoms with van der Waals surface area (Å²) in [5.41, 5.74) is 16.6. The van der Waals surface area contributed by atoms with Crippen LogP contribution in [-0.2, 0) is 6.54 Å². The molecule has 7 nitrogen and oxygen atoms in total. The minimum Gasteiger partial charge on any atom is -0.491 e. The standard InChI is InChI=1S/C30H35N3O4/c1-29(2,17-31)21-11-20(19-7-8-25-23(12-19)24(32)16-37-25)13-30(3,14-21)26(34)15-33-10-9-18-5-4-6-22(27(18)33)28(35)36/h4-13,24,26,34H,14-17,31-32H2,1-3H3,(H,35,36)/t24-,26?,30?/m1/s1. The van der Waals surface area contributed by atoms with Gasteiger partial charge in [0.1, 0.15) is 12.4 Å². The second-order valence-electron chi connectivity index (χ2n) is 11.2. The molecule has 2 heterocycles. The molecule has 0 bridgehead atoms. The number of aliphatic hydroxyl groups is 1. The second kappa shape index (κ2) is 9.17. The maximum Gasteiger partial charge on any atom is 0.337 e. The van der Waals surface area contributed by atoms with Gasteiger partial charge in [-0.2, -0.15) is 0 Å². The molecule has 0 amide bonds. The number of allylic oxidation sites excluding steroid dienone is 2. The highest BCUT2D eigenvalue weighted by atomic mass is 16.5. The number of aromatic carboxylic acids is 1. The van der Waals surface area contributed by atoms with Crippen molar-refractivity contribution >= 4 is 22.4 Å². The van der Waals surface area contributed by atoms with E-state index in [1.807, 2.05) is 35.0 Å². The van der Waals surface area contributed by atoms with E-state index in [1.165, 1.54) is 5.57 Å². The molecule has 0 saturated carbocycles. The van der Waals surface area contributed by atoms with E-state index in [0.717, 1.165) is 27.8 Å². The van der Waals surface area contributed by atoms with Crippen LogP contribution in [0.2, 0.25) is 0 Å². The van der Waals surface area contributed by atoms with Crippen LogP contribution in [0.3, 0.4) is 0 Å². The van der Waals surface area contributed by atoms with Crippen LogP contribution in [0.1, 0.15) is 54.7 Å². The molecule has 0 fully saturated rings. The zero-order valence-corrected chi connectivity index (χ0v) is 21.6. The number of hydrogen-bond acceptors (Lipinski definition) is 5. The Kier molecular flexibility index (Phi) is 6.26. The summed E-state index contributed by atoms with van der Waals surface area (Å²) in [5, 5.41) is 22.3. The number of ether oxygens (including phenoxy) is 1. The number of rotatable bonds is 7. The lowest BCUT2D eigenvalue weighted by atomic mass is 9.67. The predicted molar refractivity (Wildman–Crippen MR) is 145 cm³/mol. The highest BCUT2D eigenvalue weighted by molar-refractivity contribution is 6.02. The van der Waals surface area contributed by atoms with Gasteiger partial charge in [0.2, 0.25) is 0 Å². The van der Waals surface area contributed by atoms with Crippen molar-refractivity contribution in [3.8, 4) is 5.75 Å². The van der Waals surface area contributed by atoms with Crippen molar-refractivity contribution in [1.29, 1.82) is 0 Å². The molecule has 2 aromatic carbocycles. The molecular weight excluding hydrogens is 466 g/mol. The van der Waals surface area contributed by atoms with Gasteiger partial charge in [-0.3, -0.25) is 0 Å². The van der Waals surface area contributed by atoms with E-state index in [2.05, 4.69) is 39.0 Å². The first-order valence-corrected chi connectivity index (χ1v) is 12.7.